The molecule has 0 bridgehead atoms. The number of carbonyl (C=O) groups excluding carboxylic acids is 1. The van der Waals surface area contributed by atoms with E-state index in [0.717, 1.165) is 12.8 Å². The van der Waals surface area contributed by atoms with E-state index in [4.69, 9.17) is 23.8 Å². The van der Waals surface area contributed by atoms with Gasteiger partial charge in [0, 0.05) is 12.2 Å². The van der Waals surface area contributed by atoms with Crippen LogP contribution in [0.5, 0.6) is 0 Å². The van der Waals surface area contributed by atoms with Gasteiger partial charge in [-0.3, -0.25) is 10.1 Å². The molecule has 2 rings (SSSR count). The third kappa shape index (κ3) is 4.14. The highest BCUT2D eigenvalue weighted by Crippen LogP contribution is 2.17. The summed E-state index contributed by atoms with van der Waals surface area (Å²) < 4.78 is 0. The van der Waals surface area contributed by atoms with Crippen molar-refractivity contribution in [2.45, 2.75) is 38.1 Å². The van der Waals surface area contributed by atoms with E-state index >= 15 is 0 Å². The van der Waals surface area contributed by atoms with E-state index in [-0.39, 0.29) is 11.1 Å². The fourth-order valence-corrected chi connectivity index (χ4v) is 2.66. The first kappa shape index (κ1) is 14.2. The molecule has 1 aliphatic carbocycles. The zero-order chi connectivity index (χ0) is 13.7. The van der Waals surface area contributed by atoms with Gasteiger partial charge in [-0.15, -0.1) is 0 Å². The number of hydrogen-bond acceptors (Lipinski definition) is 3. The molecule has 1 fully saturated rings. The van der Waals surface area contributed by atoms with E-state index < -0.39 is 0 Å². The maximum absolute atomic E-state index is 12.0. The Kier molecular flexibility index (Phi) is 5.10. The molecular formula is C13H16ClN3OS. The molecule has 19 heavy (non-hydrogen) atoms. The second-order valence-electron chi connectivity index (χ2n) is 4.60. The van der Waals surface area contributed by atoms with Crippen LogP contribution in [0.3, 0.4) is 0 Å². The first-order valence-corrected chi connectivity index (χ1v) is 7.18. The van der Waals surface area contributed by atoms with Crippen LogP contribution in [-0.4, -0.2) is 22.0 Å². The molecule has 1 heterocycles. The summed E-state index contributed by atoms with van der Waals surface area (Å²) in [6.45, 7) is 0. The minimum Gasteiger partial charge on any atom is -0.360 e. The first-order valence-electron chi connectivity index (χ1n) is 6.39. The normalized spacial score (nSPS) is 15.8. The second-order valence-corrected chi connectivity index (χ2v) is 5.37. The lowest BCUT2D eigenvalue weighted by atomic mass is 9.96. The van der Waals surface area contributed by atoms with Crippen LogP contribution < -0.4 is 10.6 Å². The largest absolute Gasteiger partial charge is 0.360 e. The molecule has 4 nitrogen and oxygen atoms in total. The Morgan fingerprint density at radius 1 is 1.37 bits per heavy atom. The molecule has 0 radical (unpaired) electrons. The Balaban J connectivity index is 1.88. The molecular weight excluding hydrogens is 282 g/mol. The maximum Gasteiger partial charge on any atom is 0.260 e. The van der Waals surface area contributed by atoms with Crippen LogP contribution in [-0.2, 0) is 0 Å². The smallest absolute Gasteiger partial charge is 0.260 e. The minimum atomic E-state index is -0.327. The number of aromatic nitrogens is 1. The van der Waals surface area contributed by atoms with Crippen LogP contribution in [0.25, 0.3) is 0 Å². The monoisotopic (exact) mass is 297 g/mol. The number of nitrogens with one attached hydrogen (secondary N) is 2. The Labute approximate surface area is 122 Å². The first-order chi connectivity index (χ1) is 9.16. The molecule has 0 aliphatic heterocycles. The third-order valence-electron chi connectivity index (χ3n) is 3.17. The Morgan fingerprint density at radius 3 is 2.79 bits per heavy atom. The van der Waals surface area contributed by atoms with Gasteiger partial charge in [0.1, 0.15) is 5.15 Å². The molecule has 0 aromatic carbocycles. The Hall–Kier alpha value is -1.20. The molecule has 0 unspecified atom stereocenters. The molecule has 1 saturated carbocycles. The van der Waals surface area contributed by atoms with E-state index in [2.05, 4.69) is 15.6 Å². The number of carbonyl (C=O) groups is 1. The topological polar surface area (TPSA) is 54.0 Å². The third-order valence-corrected chi connectivity index (χ3v) is 3.69. The van der Waals surface area contributed by atoms with Gasteiger partial charge in [0.2, 0.25) is 0 Å². The number of thiocarbonyl (C=S) groups is 1. The molecule has 0 spiro atoms. The lowest BCUT2D eigenvalue weighted by Gasteiger charge is -2.24. The van der Waals surface area contributed by atoms with Gasteiger partial charge in [0.05, 0.1) is 5.56 Å². The zero-order valence-corrected chi connectivity index (χ0v) is 12.1. The predicted octanol–water partition coefficient (Wildman–Crippen LogP) is 2.67. The molecule has 6 heteroatoms. The van der Waals surface area contributed by atoms with Crippen molar-refractivity contribution in [3.63, 3.8) is 0 Å². The van der Waals surface area contributed by atoms with Gasteiger partial charge in [-0.05, 0) is 37.2 Å². The summed E-state index contributed by atoms with van der Waals surface area (Å²) in [5.74, 6) is -0.327. The minimum absolute atomic E-state index is 0.181. The standard InChI is InChI=1S/C13H16ClN3OS/c14-11-10(7-4-8-15-11)12(18)17-13(19)16-9-5-2-1-3-6-9/h4,7-9H,1-3,5-6H2,(H2,16,17,18,19). The van der Waals surface area contributed by atoms with Crippen molar-refractivity contribution in [2.24, 2.45) is 0 Å². The van der Waals surface area contributed by atoms with E-state index in [1.807, 2.05) is 0 Å². The molecule has 1 aliphatic rings. The van der Waals surface area contributed by atoms with Crippen LogP contribution in [0.15, 0.2) is 18.3 Å². The zero-order valence-electron chi connectivity index (χ0n) is 10.5. The lowest BCUT2D eigenvalue weighted by Crippen LogP contribution is -2.45. The summed E-state index contributed by atoms with van der Waals surface area (Å²) in [7, 11) is 0. The highest BCUT2D eigenvalue weighted by molar-refractivity contribution is 7.80. The molecule has 102 valence electrons. The maximum atomic E-state index is 12.0. The van der Waals surface area contributed by atoms with Gasteiger partial charge in [-0.2, -0.15) is 0 Å². The van der Waals surface area contributed by atoms with Gasteiger partial charge < -0.3 is 5.32 Å². The molecule has 2 N–H and O–H groups in total. The summed E-state index contributed by atoms with van der Waals surface area (Å²) in [6, 6.07) is 3.65. The van der Waals surface area contributed by atoms with Crippen molar-refractivity contribution in [3.05, 3.63) is 29.0 Å². The number of amides is 1. The summed E-state index contributed by atoms with van der Waals surface area (Å²) in [5.41, 5.74) is 0.331. The van der Waals surface area contributed by atoms with Gasteiger partial charge in [0.15, 0.2) is 5.11 Å². The van der Waals surface area contributed by atoms with Crippen molar-refractivity contribution in [3.8, 4) is 0 Å². The fraction of sp³-hybridized carbons (Fsp3) is 0.462. The second kappa shape index (κ2) is 6.82. The van der Waals surface area contributed by atoms with Gasteiger partial charge in [-0.1, -0.05) is 30.9 Å². The number of halogens is 1. The molecule has 1 amide bonds. The van der Waals surface area contributed by atoms with Crippen LogP contribution in [0.2, 0.25) is 5.15 Å². The molecule has 0 atom stereocenters. The number of hydrogen-bond donors (Lipinski definition) is 2. The summed E-state index contributed by atoms with van der Waals surface area (Å²) in [4.78, 5) is 15.8. The SMILES string of the molecule is O=C(NC(=S)NC1CCCCC1)c1cccnc1Cl. The highest BCUT2D eigenvalue weighted by atomic mass is 35.5. The van der Waals surface area contributed by atoms with Gasteiger partial charge in [0.25, 0.3) is 5.91 Å². The van der Waals surface area contributed by atoms with Gasteiger partial charge in [-0.25, -0.2) is 4.98 Å². The van der Waals surface area contributed by atoms with E-state index in [0.29, 0.717) is 16.7 Å². The van der Waals surface area contributed by atoms with Crippen LogP contribution in [0.1, 0.15) is 42.5 Å². The van der Waals surface area contributed by atoms with Crippen molar-refractivity contribution in [2.75, 3.05) is 0 Å². The highest BCUT2D eigenvalue weighted by Gasteiger charge is 2.16. The molecule has 1 aromatic heterocycles. The quantitative estimate of drug-likeness (QED) is 0.651. The summed E-state index contributed by atoms with van der Waals surface area (Å²) >= 11 is 11.0. The van der Waals surface area contributed by atoms with E-state index in [1.165, 1.54) is 25.5 Å². The summed E-state index contributed by atoms with van der Waals surface area (Å²) in [6.07, 6.45) is 7.44. The number of pyridine rings is 1. The number of rotatable bonds is 2. The van der Waals surface area contributed by atoms with E-state index in [9.17, 15) is 4.79 Å². The number of nitrogens with zero attached hydrogens (tertiary/aromatic N) is 1. The van der Waals surface area contributed by atoms with Crippen molar-refractivity contribution < 1.29 is 4.79 Å². The van der Waals surface area contributed by atoms with Crippen molar-refractivity contribution in [1.29, 1.82) is 0 Å². The summed E-state index contributed by atoms with van der Waals surface area (Å²) in [5, 5.41) is 6.36. The van der Waals surface area contributed by atoms with Crippen LogP contribution in [0.4, 0.5) is 0 Å². The lowest BCUT2D eigenvalue weighted by molar-refractivity contribution is 0.0976. The average molecular weight is 298 g/mol. The fourth-order valence-electron chi connectivity index (χ4n) is 2.19. The van der Waals surface area contributed by atoms with Crippen molar-refractivity contribution in [1.82, 2.24) is 15.6 Å². The van der Waals surface area contributed by atoms with Gasteiger partial charge >= 0.3 is 0 Å². The van der Waals surface area contributed by atoms with E-state index in [1.54, 1.807) is 12.1 Å². The average Bonchev–Trinajstić information content (AvgIpc) is 2.40. The predicted molar refractivity (Wildman–Crippen MR) is 79.3 cm³/mol. The van der Waals surface area contributed by atoms with Crippen LogP contribution in [0, 0.1) is 0 Å². The molecule has 1 aromatic rings. The van der Waals surface area contributed by atoms with Crippen LogP contribution >= 0.6 is 23.8 Å². The van der Waals surface area contributed by atoms with Crippen molar-refractivity contribution >= 4 is 34.8 Å². The Morgan fingerprint density at radius 2 is 2.11 bits per heavy atom. The Bertz CT molecular complexity index is 475. The molecule has 0 saturated heterocycles.